The fourth-order valence-electron chi connectivity index (χ4n) is 2.83. The molecule has 2 heterocycles. The van der Waals surface area contributed by atoms with E-state index in [9.17, 15) is 4.79 Å². The summed E-state index contributed by atoms with van der Waals surface area (Å²) < 4.78 is 1.64. The molecule has 0 aliphatic heterocycles. The van der Waals surface area contributed by atoms with Gasteiger partial charge in [0.1, 0.15) is 5.82 Å². The maximum absolute atomic E-state index is 11.9. The summed E-state index contributed by atoms with van der Waals surface area (Å²) in [6, 6.07) is 0. The highest BCUT2D eigenvalue weighted by Crippen LogP contribution is 2.32. The van der Waals surface area contributed by atoms with E-state index in [4.69, 9.17) is 5.73 Å². The minimum absolute atomic E-state index is 0.141. The summed E-state index contributed by atoms with van der Waals surface area (Å²) in [5.41, 5.74) is 6.65. The molecule has 18 heavy (non-hydrogen) atoms. The molecule has 0 spiro atoms. The smallest absolute Gasteiger partial charge is 0.278 e. The summed E-state index contributed by atoms with van der Waals surface area (Å²) >= 11 is 0. The maximum atomic E-state index is 11.9. The molecule has 0 amide bonds. The van der Waals surface area contributed by atoms with Gasteiger partial charge in [-0.2, -0.15) is 0 Å². The number of imidazole rings is 1. The lowest BCUT2D eigenvalue weighted by atomic mass is 9.89. The quantitative estimate of drug-likeness (QED) is 0.796. The molecule has 0 unspecified atom stereocenters. The van der Waals surface area contributed by atoms with Crippen molar-refractivity contribution in [3.8, 4) is 0 Å². The van der Waals surface area contributed by atoms with Crippen molar-refractivity contribution < 1.29 is 0 Å². The van der Waals surface area contributed by atoms with Crippen LogP contribution in [0.15, 0.2) is 4.79 Å². The summed E-state index contributed by atoms with van der Waals surface area (Å²) in [7, 11) is 0. The monoisotopic (exact) mass is 247 g/mol. The van der Waals surface area contributed by atoms with Crippen LogP contribution in [0.25, 0.3) is 5.52 Å². The normalized spacial score (nSPS) is 17.4. The maximum Gasteiger partial charge on any atom is 0.278 e. The Morgan fingerprint density at radius 3 is 2.78 bits per heavy atom. The van der Waals surface area contributed by atoms with Crippen molar-refractivity contribution in [2.24, 2.45) is 0 Å². The first-order valence-corrected chi connectivity index (χ1v) is 6.42. The molecule has 0 radical (unpaired) electrons. The second-order valence-corrected chi connectivity index (χ2v) is 4.99. The van der Waals surface area contributed by atoms with Gasteiger partial charge in [-0.05, 0) is 19.8 Å². The number of nitrogen functional groups attached to an aromatic ring is 1. The number of rotatable bonds is 1. The summed E-state index contributed by atoms with van der Waals surface area (Å²) in [5, 5.41) is 4.21. The molecule has 1 aliphatic rings. The average molecular weight is 247 g/mol. The Hall–Kier alpha value is -1.85. The second-order valence-electron chi connectivity index (χ2n) is 4.99. The molecule has 2 aromatic heterocycles. The van der Waals surface area contributed by atoms with Gasteiger partial charge in [-0.15, -0.1) is 5.10 Å². The van der Waals surface area contributed by atoms with Crippen molar-refractivity contribution in [1.82, 2.24) is 19.6 Å². The predicted octanol–water partition coefficient (Wildman–Crippen LogP) is 1.36. The van der Waals surface area contributed by atoms with E-state index in [-0.39, 0.29) is 11.5 Å². The zero-order valence-electron chi connectivity index (χ0n) is 10.4. The van der Waals surface area contributed by atoms with Gasteiger partial charge in [-0.3, -0.25) is 9.78 Å². The molecule has 0 aromatic carbocycles. The van der Waals surface area contributed by atoms with Gasteiger partial charge >= 0.3 is 0 Å². The predicted molar refractivity (Wildman–Crippen MR) is 68.6 cm³/mol. The fraction of sp³-hybridized carbons (Fsp3) is 0.583. The van der Waals surface area contributed by atoms with Crippen LogP contribution in [-0.2, 0) is 0 Å². The molecule has 0 atom stereocenters. The summed E-state index contributed by atoms with van der Waals surface area (Å²) in [5.74, 6) is 1.43. The van der Waals surface area contributed by atoms with E-state index in [1.165, 1.54) is 19.3 Å². The molecule has 2 aromatic rings. The second kappa shape index (κ2) is 4.12. The van der Waals surface area contributed by atoms with Gasteiger partial charge in [0.2, 0.25) is 5.95 Å². The molecular weight excluding hydrogens is 230 g/mol. The van der Waals surface area contributed by atoms with E-state index in [1.54, 1.807) is 4.52 Å². The van der Waals surface area contributed by atoms with Crippen LogP contribution < -0.4 is 11.3 Å². The number of H-pyrrole nitrogens is 1. The lowest BCUT2D eigenvalue weighted by Gasteiger charge is -2.19. The number of aromatic nitrogens is 4. The number of aryl methyl sites for hydroxylation is 1. The Morgan fingerprint density at radius 1 is 1.33 bits per heavy atom. The van der Waals surface area contributed by atoms with E-state index in [0.29, 0.717) is 11.4 Å². The number of nitrogens with two attached hydrogens (primary N) is 1. The summed E-state index contributed by atoms with van der Waals surface area (Å²) in [4.78, 5) is 18.9. The van der Waals surface area contributed by atoms with E-state index in [0.717, 1.165) is 24.4 Å². The van der Waals surface area contributed by atoms with Crippen molar-refractivity contribution in [3.63, 3.8) is 0 Å². The van der Waals surface area contributed by atoms with Crippen molar-refractivity contribution in [2.75, 3.05) is 5.73 Å². The molecule has 6 heteroatoms. The number of hydrogen-bond donors (Lipinski definition) is 2. The van der Waals surface area contributed by atoms with Gasteiger partial charge < -0.3 is 5.73 Å². The minimum Gasteiger partial charge on any atom is -0.368 e. The van der Waals surface area contributed by atoms with Crippen LogP contribution in [-0.4, -0.2) is 19.6 Å². The Balaban J connectivity index is 2.20. The third-order valence-corrected chi connectivity index (χ3v) is 3.69. The van der Waals surface area contributed by atoms with Crippen LogP contribution in [0.1, 0.15) is 49.5 Å². The lowest BCUT2D eigenvalue weighted by Crippen LogP contribution is -2.18. The molecule has 1 fully saturated rings. The first-order valence-electron chi connectivity index (χ1n) is 6.42. The van der Waals surface area contributed by atoms with Crippen LogP contribution in [0.4, 0.5) is 5.95 Å². The van der Waals surface area contributed by atoms with E-state index < -0.39 is 0 Å². The molecule has 1 aliphatic carbocycles. The van der Waals surface area contributed by atoms with Crippen LogP contribution in [0, 0.1) is 6.92 Å². The molecular formula is C12H17N5O. The van der Waals surface area contributed by atoms with Gasteiger partial charge in [0.25, 0.3) is 5.56 Å². The standard InChI is InChI=1S/C12H17N5O/c1-7-9-11(18)15-12(13)16-17(9)10(14-7)8-5-3-2-4-6-8/h8H,2-6H2,1H3,(H3,13,15,16,18). The number of anilines is 1. The van der Waals surface area contributed by atoms with Crippen LogP contribution in [0.2, 0.25) is 0 Å². The number of hydrogen-bond acceptors (Lipinski definition) is 4. The van der Waals surface area contributed by atoms with Crippen molar-refractivity contribution >= 4 is 11.5 Å². The lowest BCUT2D eigenvalue weighted by molar-refractivity contribution is 0.424. The Kier molecular flexibility index (Phi) is 2.57. The molecule has 0 saturated heterocycles. The third-order valence-electron chi connectivity index (χ3n) is 3.69. The van der Waals surface area contributed by atoms with Crippen molar-refractivity contribution in [2.45, 2.75) is 44.9 Å². The first-order chi connectivity index (χ1) is 8.66. The highest BCUT2D eigenvalue weighted by molar-refractivity contribution is 5.51. The molecule has 3 rings (SSSR count). The highest BCUT2D eigenvalue weighted by Gasteiger charge is 2.23. The summed E-state index contributed by atoms with van der Waals surface area (Å²) in [6.45, 7) is 1.84. The SMILES string of the molecule is Cc1nc(C2CCCCC2)n2nc(N)[nH]c(=O)c12. The highest BCUT2D eigenvalue weighted by atomic mass is 16.1. The topological polar surface area (TPSA) is 89.1 Å². The van der Waals surface area contributed by atoms with E-state index >= 15 is 0 Å². The fourth-order valence-corrected chi connectivity index (χ4v) is 2.83. The van der Waals surface area contributed by atoms with Gasteiger partial charge in [0, 0.05) is 5.92 Å². The third kappa shape index (κ3) is 1.68. The van der Waals surface area contributed by atoms with Gasteiger partial charge in [0.05, 0.1) is 5.69 Å². The summed E-state index contributed by atoms with van der Waals surface area (Å²) in [6.07, 6.45) is 5.96. The molecule has 6 nitrogen and oxygen atoms in total. The molecule has 0 bridgehead atoms. The van der Waals surface area contributed by atoms with Crippen molar-refractivity contribution in [1.29, 1.82) is 0 Å². The average Bonchev–Trinajstić information content (AvgIpc) is 2.67. The molecule has 3 N–H and O–H groups in total. The van der Waals surface area contributed by atoms with Gasteiger partial charge in [-0.25, -0.2) is 9.50 Å². The van der Waals surface area contributed by atoms with Crippen molar-refractivity contribution in [3.05, 3.63) is 21.9 Å². The molecule has 1 saturated carbocycles. The van der Waals surface area contributed by atoms with E-state index in [1.807, 2.05) is 6.92 Å². The van der Waals surface area contributed by atoms with Gasteiger partial charge in [-0.1, -0.05) is 19.3 Å². The Bertz CT molecular complexity index is 636. The molecule has 96 valence electrons. The van der Waals surface area contributed by atoms with Crippen LogP contribution >= 0.6 is 0 Å². The number of nitrogens with zero attached hydrogens (tertiary/aromatic N) is 3. The van der Waals surface area contributed by atoms with Crippen LogP contribution in [0.3, 0.4) is 0 Å². The van der Waals surface area contributed by atoms with Crippen LogP contribution in [0.5, 0.6) is 0 Å². The Labute approximate surface area is 104 Å². The Morgan fingerprint density at radius 2 is 2.06 bits per heavy atom. The minimum atomic E-state index is -0.213. The zero-order valence-corrected chi connectivity index (χ0v) is 10.4. The zero-order chi connectivity index (χ0) is 12.7. The van der Waals surface area contributed by atoms with Gasteiger partial charge in [0.15, 0.2) is 5.52 Å². The number of aromatic amines is 1. The van der Waals surface area contributed by atoms with E-state index in [2.05, 4.69) is 15.1 Å². The largest absolute Gasteiger partial charge is 0.368 e. The number of nitrogens with one attached hydrogen (secondary N) is 1. The first kappa shape index (κ1) is 11.3. The number of fused-ring (bicyclic) bond motifs is 1.